The predicted molar refractivity (Wildman–Crippen MR) is 113 cm³/mol. The molecule has 2 aliphatic heterocycles. The second-order valence-corrected chi connectivity index (χ2v) is 10.8. The quantitative estimate of drug-likeness (QED) is 0.661. The summed E-state index contributed by atoms with van der Waals surface area (Å²) >= 11 is 0. The van der Waals surface area contributed by atoms with Gasteiger partial charge in [-0.05, 0) is 40.0 Å². The molecule has 1 aliphatic carbocycles. The van der Waals surface area contributed by atoms with Gasteiger partial charge in [0, 0.05) is 37.0 Å². The Balaban J connectivity index is 1.72. The summed E-state index contributed by atoms with van der Waals surface area (Å²) < 4.78 is 17.5. The van der Waals surface area contributed by atoms with Crippen molar-refractivity contribution >= 4 is 28.6 Å². The zero-order valence-corrected chi connectivity index (χ0v) is 19.0. The second-order valence-electron chi connectivity index (χ2n) is 9.51. The molecule has 1 unspecified atom stereocenters. The molecule has 2 atom stereocenters. The molecule has 0 aromatic carbocycles. The molecule has 3 heterocycles. The van der Waals surface area contributed by atoms with Gasteiger partial charge in [0.15, 0.2) is 0 Å². The van der Waals surface area contributed by atoms with Gasteiger partial charge in [0.25, 0.3) is 5.91 Å². The number of aromatic nitrogens is 2. The van der Waals surface area contributed by atoms with Gasteiger partial charge in [-0.25, -0.2) is 19.7 Å². The van der Waals surface area contributed by atoms with Gasteiger partial charge in [0.05, 0.1) is 10.8 Å². The van der Waals surface area contributed by atoms with Crippen molar-refractivity contribution in [2.24, 2.45) is 0 Å². The molecular formula is C21H30N4O4S. The van der Waals surface area contributed by atoms with E-state index in [2.05, 4.69) is 14.9 Å². The number of carbonyl (C=O) groups excluding carboxylic acids is 2. The van der Waals surface area contributed by atoms with Crippen LogP contribution in [0.3, 0.4) is 0 Å². The number of likely N-dealkylation sites (tertiary alicyclic amines) is 1. The Labute approximate surface area is 179 Å². The summed E-state index contributed by atoms with van der Waals surface area (Å²) in [4.78, 5) is 38.7. The van der Waals surface area contributed by atoms with Gasteiger partial charge in [-0.15, -0.1) is 0 Å². The Morgan fingerprint density at radius 2 is 1.97 bits per heavy atom. The average Bonchev–Trinajstić information content (AvgIpc) is 3.18. The van der Waals surface area contributed by atoms with Crippen molar-refractivity contribution in [1.29, 1.82) is 0 Å². The molecule has 1 saturated carbocycles. The van der Waals surface area contributed by atoms with Gasteiger partial charge in [0.2, 0.25) is 5.16 Å². The van der Waals surface area contributed by atoms with E-state index < -0.39 is 28.0 Å². The van der Waals surface area contributed by atoms with Crippen LogP contribution in [0.4, 0.5) is 10.6 Å². The Morgan fingerprint density at radius 3 is 2.60 bits per heavy atom. The maximum atomic E-state index is 13.7. The zero-order valence-electron chi connectivity index (χ0n) is 18.1. The van der Waals surface area contributed by atoms with E-state index in [-0.39, 0.29) is 17.1 Å². The maximum absolute atomic E-state index is 13.7. The zero-order chi connectivity index (χ0) is 21.7. The van der Waals surface area contributed by atoms with E-state index in [1.54, 1.807) is 33.2 Å². The summed E-state index contributed by atoms with van der Waals surface area (Å²) in [6.07, 6.45) is 9.03. The highest BCUT2D eigenvalue weighted by Crippen LogP contribution is 2.47. The maximum Gasteiger partial charge on any atom is 0.417 e. The van der Waals surface area contributed by atoms with Crippen molar-refractivity contribution in [3.8, 4) is 0 Å². The van der Waals surface area contributed by atoms with Crippen molar-refractivity contribution in [2.45, 2.75) is 88.1 Å². The third-order valence-corrected chi connectivity index (χ3v) is 6.91. The molecule has 30 heavy (non-hydrogen) atoms. The first-order chi connectivity index (χ1) is 14.1. The molecule has 1 aromatic heterocycles. The number of rotatable bonds is 2. The van der Waals surface area contributed by atoms with Gasteiger partial charge >= 0.3 is 6.09 Å². The minimum Gasteiger partial charge on any atom is -0.443 e. The lowest BCUT2D eigenvalue weighted by Gasteiger charge is -2.42. The number of anilines is 1. The van der Waals surface area contributed by atoms with Crippen LogP contribution < -0.4 is 4.90 Å². The number of ether oxygens (including phenoxy) is 1. The van der Waals surface area contributed by atoms with Crippen LogP contribution >= 0.6 is 0 Å². The first-order valence-electron chi connectivity index (χ1n) is 10.7. The largest absolute Gasteiger partial charge is 0.443 e. The van der Waals surface area contributed by atoms with Crippen LogP contribution in [0.2, 0.25) is 0 Å². The van der Waals surface area contributed by atoms with E-state index in [0.717, 1.165) is 31.2 Å². The van der Waals surface area contributed by atoms with Gasteiger partial charge < -0.3 is 9.64 Å². The first-order valence-corrected chi connectivity index (χ1v) is 12.2. The normalized spacial score (nSPS) is 25.7. The summed E-state index contributed by atoms with van der Waals surface area (Å²) in [5.74, 6) is 0.487. The molecule has 0 N–H and O–H groups in total. The molecule has 2 amide bonds. The van der Waals surface area contributed by atoms with Crippen LogP contribution in [0.5, 0.6) is 0 Å². The van der Waals surface area contributed by atoms with Gasteiger partial charge in [-0.1, -0.05) is 19.3 Å². The van der Waals surface area contributed by atoms with Gasteiger partial charge in [-0.2, -0.15) is 0 Å². The van der Waals surface area contributed by atoms with E-state index >= 15 is 0 Å². The monoisotopic (exact) mass is 434 g/mol. The van der Waals surface area contributed by atoms with Crippen molar-refractivity contribution in [2.75, 3.05) is 17.7 Å². The fourth-order valence-electron chi connectivity index (χ4n) is 4.95. The molecule has 8 nitrogen and oxygen atoms in total. The lowest BCUT2D eigenvalue weighted by Crippen LogP contribution is -2.58. The van der Waals surface area contributed by atoms with Crippen LogP contribution in [-0.2, 0) is 26.8 Å². The molecule has 164 valence electrons. The smallest absolute Gasteiger partial charge is 0.417 e. The highest BCUT2D eigenvalue weighted by Gasteiger charge is 2.59. The van der Waals surface area contributed by atoms with Crippen LogP contribution in [0.25, 0.3) is 0 Å². The molecule has 0 bridgehead atoms. The summed E-state index contributed by atoms with van der Waals surface area (Å²) in [6.45, 7) is 5.71. The molecule has 1 saturated heterocycles. The van der Waals surface area contributed by atoms with Crippen LogP contribution in [0, 0.1) is 0 Å². The standard InChI is InChI=1S/C21H30N4O4S/c1-20(2,3)29-19(27)24-11-10-21(17(24)26)12-14-13-22-18(30(4)28)23-16(14)25(21)15-8-6-5-7-9-15/h13,15H,5-12H2,1-4H3/t21-,30?/m0/s1. The van der Waals surface area contributed by atoms with E-state index in [1.165, 1.54) is 11.3 Å². The van der Waals surface area contributed by atoms with Crippen LogP contribution in [-0.4, -0.2) is 61.1 Å². The molecule has 1 spiro atoms. The fourth-order valence-corrected chi connectivity index (χ4v) is 5.37. The number of carbonyl (C=O) groups is 2. The SMILES string of the molecule is CS(=O)c1ncc2c(n1)N(C1CCCCC1)[C@@]1(CCN(C(=O)OC(C)(C)C)C1=O)C2. The lowest BCUT2D eigenvalue weighted by atomic mass is 9.87. The summed E-state index contributed by atoms with van der Waals surface area (Å²) in [5.41, 5.74) is -0.626. The predicted octanol–water partition coefficient (Wildman–Crippen LogP) is 2.82. The number of hydrogen-bond donors (Lipinski definition) is 0. The molecule has 9 heteroatoms. The number of fused-ring (bicyclic) bond motifs is 1. The van der Waals surface area contributed by atoms with Gasteiger partial charge in [-0.3, -0.25) is 9.00 Å². The van der Waals surface area contributed by atoms with E-state index in [4.69, 9.17) is 4.74 Å². The highest BCUT2D eigenvalue weighted by atomic mass is 32.2. The molecule has 1 aromatic rings. The molecule has 2 fully saturated rings. The number of nitrogens with zero attached hydrogens (tertiary/aromatic N) is 4. The van der Waals surface area contributed by atoms with E-state index in [9.17, 15) is 13.8 Å². The Kier molecular flexibility index (Phi) is 5.36. The summed E-state index contributed by atoms with van der Waals surface area (Å²) in [5, 5.41) is 0.279. The molecule has 0 radical (unpaired) electrons. The minimum atomic E-state index is -1.31. The average molecular weight is 435 g/mol. The topological polar surface area (TPSA) is 92.7 Å². The Bertz CT molecular complexity index is 893. The van der Waals surface area contributed by atoms with Crippen LogP contribution in [0.15, 0.2) is 11.4 Å². The van der Waals surface area contributed by atoms with Crippen molar-refractivity contribution in [3.63, 3.8) is 0 Å². The number of amides is 2. The Morgan fingerprint density at radius 1 is 1.27 bits per heavy atom. The van der Waals surface area contributed by atoms with Crippen molar-refractivity contribution in [3.05, 3.63) is 11.8 Å². The number of imide groups is 1. The summed E-state index contributed by atoms with van der Waals surface area (Å²) in [6, 6.07) is 0.176. The third-order valence-electron chi connectivity index (χ3n) is 6.19. The fraction of sp³-hybridized carbons (Fsp3) is 0.714. The van der Waals surface area contributed by atoms with Crippen LogP contribution in [0.1, 0.15) is 64.9 Å². The Hall–Kier alpha value is -2.03. The van der Waals surface area contributed by atoms with Crippen molar-refractivity contribution < 1.29 is 18.5 Å². The molecule has 3 aliphatic rings. The third kappa shape index (κ3) is 3.61. The highest BCUT2D eigenvalue weighted by molar-refractivity contribution is 7.84. The van der Waals surface area contributed by atoms with Crippen molar-refractivity contribution in [1.82, 2.24) is 14.9 Å². The first kappa shape index (κ1) is 21.2. The minimum absolute atomic E-state index is 0.176. The molecular weight excluding hydrogens is 404 g/mol. The lowest BCUT2D eigenvalue weighted by molar-refractivity contribution is -0.131. The molecule has 4 rings (SSSR count). The number of hydrogen-bond acceptors (Lipinski definition) is 7. The van der Waals surface area contributed by atoms with E-state index in [0.29, 0.717) is 25.2 Å². The summed E-state index contributed by atoms with van der Waals surface area (Å²) in [7, 11) is -1.31. The van der Waals surface area contributed by atoms with Gasteiger partial charge in [0.1, 0.15) is 17.0 Å². The van der Waals surface area contributed by atoms with E-state index in [1.807, 2.05) is 0 Å². The second kappa shape index (κ2) is 7.59.